The first kappa shape index (κ1) is 10.5. The van der Waals surface area contributed by atoms with E-state index in [1.54, 1.807) is 0 Å². The molecule has 0 saturated carbocycles. The molecule has 1 aliphatic rings. The molecular formula is C6H14O4Si. The van der Waals surface area contributed by atoms with Crippen LogP contribution in [0.3, 0.4) is 0 Å². The summed E-state index contributed by atoms with van der Waals surface area (Å²) in [6, 6.07) is 0. The normalized spacial score (nSPS) is 14.3. The van der Waals surface area contributed by atoms with Crippen LogP contribution >= 0.6 is 0 Å². The molecule has 0 N–H and O–H groups in total. The Morgan fingerprint density at radius 1 is 1.36 bits per heavy atom. The quantitative estimate of drug-likeness (QED) is 0.253. The maximum Gasteiger partial charge on any atom is 0.372 e. The Morgan fingerprint density at radius 3 is 1.73 bits per heavy atom. The maximum absolute atomic E-state index is 4.79. The Hall–Kier alpha value is -0.523. The molecule has 0 aromatic rings. The molecule has 0 atom stereocenters. The summed E-state index contributed by atoms with van der Waals surface area (Å²) in [5.74, 6) is 0.417. The molecule has 0 unspecified atom stereocenters. The van der Waals surface area contributed by atoms with Gasteiger partial charge in [-0.3, -0.25) is 4.58 Å². The van der Waals surface area contributed by atoms with Gasteiger partial charge in [0.05, 0.1) is 5.60 Å². The summed E-state index contributed by atoms with van der Waals surface area (Å²) in [5.41, 5.74) is -0.137. The summed E-state index contributed by atoms with van der Waals surface area (Å²) in [6.45, 7) is 9.07. The molecule has 5 heteroatoms. The highest BCUT2D eigenvalue weighted by Crippen LogP contribution is 2.11. The van der Waals surface area contributed by atoms with Crippen molar-refractivity contribution in [2.24, 2.45) is 0 Å². The first-order valence-electron chi connectivity index (χ1n) is 3.21. The molecule has 0 amide bonds. The van der Waals surface area contributed by atoms with E-state index in [2.05, 4.69) is 20.9 Å². The van der Waals surface area contributed by atoms with Crippen molar-refractivity contribution < 1.29 is 19.2 Å². The van der Waals surface area contributed by atoms with Crippen LogP contribution < -0.4 is 0 Å². The summed E-state index contributed by atoms with van der Waals surface area (Å²) < 4.78 is 4.55. The molecule has 1 aliphatic heterocycles. The Morgan fingerprint density at radius 2 is 1.73 bits per heavy atom. The molecule has 0 radical (unpaired) electrons. The molecule has 1 fully saturated rings. The van der Waals surface area contributed by atoms with Crippen molar-refractivity contribution in [1.29, 1.82) is 0 Å². The molecule has 66 valence electrons. The third-order valence-corrected chi connectivity index (χ3v) is 0.701. The van der Waals surface area contributed by atoms with E-state index in [0.717, 1.165) is 0 Å². The fourth-order valence-corrected chi connectivity index (χ4v) is 0.779. The molecule has 0 aromatic carbocycles. The van der Waals surface area contributed by atoms with Crippen molar-refractivity contribution in [2.45, 2.75) is 26.4 Å². The zero-order chi connectivity index (χ0) is 8.91. The molecule has 11 heavy (non-hydrogen) atoms. The van der Waals surface area contributed by atoms with Crippen LogP contribution in [0.4, 0.5) is 0 Å². The van der Waals surface area contributed by atoms with Gasteiger partial charge in [-0.05, 0) is 27.4 Å². The summed E-state index contributed by atoms with van der Waals surface area (Å²) in [4.78, 5) is 12.8. The number of hydrogen-bond acceptors (Lipinski definition) is 4. The van der Waals surface area contributed by atoms with Crippen LogP contribution in [0.1, 0.15) is 20.8 Å². The van der Waals surface area contributed by atoms with E-state index in [0.29, 0.717) is 16.4 Å². The molecule has 0 bridgehead atoms. The van der Waals surface area contributed by atoms with Crippen molar-refractivity contribution in [3.63, 3.8) is 0 Å². The summed E-state index contributed by atoms with van der Waals surface area (Å²) >= 11 is 0. The minimum absolute atomic E-state index is 0.137. The highest BCUT2D eigenvalue weighted by molar-refractivity contribution is 5.97. The molecule has 1 rings (SSSR count). The molecule has 4 nitrogen and oxygen atoms in total. The van der Waals surface area contributed by atoms with Gasteiger partial charge < -0.3 is 0 Å². The highest BCUT2D eigenvalue weighted by Gasteiger charge is 2.10. The van der Waals surface area contributed by atoms with Gasteiger partial charge in [-0.1, -0.05) is 0 Å². The largest absolute Gasteiger partial charge is 0.372 e. The van der Waals surface area contributed by atoms with E-state index < -0.39 is 0 Å². The van der Waals surface area contributed by atoms with Gasteiger partial charge >= 0.3 is 5.95 Å². The standard InChI is InChI=1S/C4H12O2Si.C2H2O2/c1-4(2,3)5-6-7;1-2-3-4-2/h1-3,7H3;1H2. The molecule has 1 saturated heterocycles. The van der Waals surface area contributed by atoms with Gasteiger partial charge in [-0.25, -0.2) is 14.7 Å². The fraction of sp³-hybridized carbons (Fsp3) is 0.667. The van der Waals surface area contributed by atoms with Crippen molar-refractivity contribution in [3.8, 4) is 0 Å². The van der Waals surface area contributed by atoms with E-state index in [-0.39, 0.29) is 5.60 Å². The summed E-state index contributed by atoms with van der Waals surface area (Å²) in [6.07, 6.45) is 0. The van der Waals surface area contributed by atoms with Crippen molar-refractivity contribution in [2.75, 3.05) is 0 Å². The maximum atomic E-state index is 4.79. The van der Waals surface area contributed by atoms with E-state index in [1.807, 2.05) is 20.8 Å². The Kier molecular flexibility index (Phi) is 4.17. The lowest BCUT2D eigenvalue weighted by Gasteiger charge is -2.15. The second-order valence-electron chi connectivity index (χ2n) is 2.90. The van der Waals surface area contributed by atoms with Crippen molar-refractivity contribution >= 4 is 10.5 Å². The van der Waals surface area contributed by atoms with E-state index in [1.165, 1.54) is 0 Å². The monoisotopic (exact) mass is 178 g/mol. The number of rotatable bonds is 1. The summed E-state index contributed by atoms with van der Waals surface area (Å²) in [5, 5.41) is 0. The second kappa shape index (κ2) is 4.37. The van der Waals surface area contributed by atoms with Gasteiger partial charge in [-0.15, -0.1) is 0 Å². The average molecular weight is 178 g/mol. The van der Waals surface area contributed by atoms with Crippen LogP contribution in [-0.4, -0.2) is 16.1 Å². The lowest BCUT2D eigenvalue weighted by atomic mass is 10.2. The molecular weight excluding hydrogens is 164 g/mol. The minimum atomic E-state index is -0.137. The van der Waals surface area contributed by atoms with Gasteiger partial charge in [-0.2, -0.15) is 0 Å². The number of hydrogen-bond donors (Lipinski definition) is 0. The van der Waals surface area contributed by atoms with Crippen LogP contribution in [0, 0.1) is 0 Å². The van der Waals surface area contributed by atoms with Crippen LogP contribution in [0.25, 0.3) is 0 Å². The smallest absolute Gasteiger partial charge is 0.298 e. The summed E-state index contributed by atoms with van der Waals surface area (Å²) in [7, 11) is 0.648. The van der Waals surface area contributed by atoms with E-state index in [4.69, 9.17) is 4.89 Å². The first-order valence-corrected chi connectivity index (χ1v) is 4.02. The van der Waals surface area contributed by atoms with Gasteiger partial charge in [0.2, 0.25) is 0 Å². The molecule has 1 heterocycles. The average Bonchev–Trinajstić information content (AvgIpc) is 2.48. The molecule has 0 aromatic heterocycles. The fourth-order valence-electron chi connectivity index (χ4n) is 0.279. The zero-order valence-electron chi connectivity index (χ0n) is 7.34. The van der Waals surface area contributed by atoms with Crippen LogP contribution in [-0.2, 0) is 19.2 Å². The predicted octanol–water partition coefficient (Wildman–Crippen LogP) is 0.433. The van der Waals surface area contributed by atoms with Gasteiger partial charge in [0.25, 0.3) is 0 Å². The lowest BCUT2D eigenvalue weighted by Crippen LogP contribution is -2.18. The van der Waals surface area contributed by atoms with Crippen LogP contribution in [0.5, 0.6) is 0 Å². The Balaban J connectivity index is 0.000000207. The first-order chi connectivity index (χ1) is 4.95. The van der Waals surface area contributed by atoms with Crippen molar-refractivity contribution in [3.05, 3.63) is 12.5 Å². The molecule has 0 spiro atoms. The SMILES string of the molecule is C=C1OO1.CC(C)(C)OO[SiH3]. The van der Waals surface area contributed by atoms with Crippen molar-refractivity contribution in [1.82, 2.24) is 0 Å². The zero-order valence-corrected chi connectivity index (χ0v) is 9.34. The van der Waals surface area contributed by atoms with Gasteiger partial charge in [0, 0.05) is 0 Å². The predicted molar refractivity (Wildman–Crippen MR) is 43.2 cm³/mol. The van der Waals surface area contributed by atoms with Crippen LogP contribution in [0.2, 0.25) is 0 Å². The van der Waals surface area contributed by atoms with Crippen LogP contribution in [0.15, 0.2) is 12.5 Å². The van der Waals surface area contributed by atoms with Gasteiger partial charge in [0.15, 0.2) is 10.5 Å². The Labute approximate surface area is 69.5 Å². The van der Waals surface area contributed by atoms with E-state index >= 15 is 0 Å². The Bertz CT molecular complexity index is 123. The topological polar surface area (TPSA) is 43.5 Å². The van der Waals surface area contributed by atoms with Gasteiger partial charge in [0.1, 0.15) is 0 Å². The minimum Gasteiger partial charge on any atom is -0.298 e. The lowest BCUT2D eigenvalue weighted by molar-refractivity contribution is -0.273. The third kappa shape index (κ3) is 12.6. The molecule has 0 aliphatic carbocycles. The second-order valence-corrected chi connectivity index (χ2v) is 3.23. The third-order valence-electron chi connectivity index (χ3n) is 0.535. The van der Waals surface area contributed by atoms with E-state index in [9.17, 15) is 0 Å². The highest BCUT2D eigenvalue weighted by atomic mass is 28.2.